The highest BCUT2D eigenvalue weighted by Gasteiger charge is 2.12. The van der Waals surface area contributed by atoms with Gasteiger partial charge in [0.05, 0.1) is 6.54 Å². The summed E-state index contributed by atoms with van der Waals surface area (Å²) in [5.41, 5.74) is 0. The van der Waals surface area contributed by atoms with Gasteiger partial charge in [0.1, 0.15) is 11.9 Å². The van der Waals surface area contributed by atoms with Crippen LogP contribution in [-0.4, -0.2) is 31.2 Å². The molecule has 114 valence electrons. The lowest BCUT2D eigenvalue weighted by Gasteiger charge is -2.18. The Morgan fingerprint density at radius 2 is 2.00 bits per heavy atom. The number of aliphatic imine (C=N–C) groups is 1. The molecule has 0 heterocycles. The fraction of sp³-hybridized carbons (Fsp3) is 0.471. The van der Waals surface area contributed by atoms with E-state index in [1.807, 2.05) is 37.3 Å². The first-order valence-corrected chi connectivity index (χ1v) is 7.69. The van der Waals surface area contributed by atoms with Gasteiger partial charge in [-0.2, -0.15) is 0 Å². The van der Waals surface area contributed by atoms with Crippen LogP contribution in [0, 0.1) is 0 Å². The molecule has 0 fully saturated rings. The van der Waals surface area contributed by atoms with Gasteiger partial charge in [-0.1, -0.05) is 30.4 Å². The van der Waals surface area contributed by atoms with E-state index in [4.69, 9.17) is 4.74 Å². The van der Waals surface area contributed by atoms with Gasteiger partial charge in [0, 0.05) is 12.6 Å². The molecule has 0 spiro atoms. The number of guanidine groups is 1. The molecule has 0 radical (unpaired) electrons. The molecule has 0 bridgehead atoms. The maximum Gasteiger partial charge on any atom is 0.191 e. The van der Waals surface area contributed by atoms with Crippen molar-refractivity contribution in [3.05, 3.63) is 42.5 Å². The summed E-state index contributed by atoms with van der Waals surface area (Å²) in [6, 6.07) is 10.3. The molecule has 1 aliphatic rings. The van der Waals surface area contributed by atoms with Crippen molar-refractivity contribution in [2.24, 2.45) is 4.99 Å². The third kappa shape index (κ3) is 5.50. The number of hydrogen-bond acceptors (Lipinski definition) is 2. The van der Waals surface area contributed by atoms with Gasteiger partial charge in [0.15, 0.2) is 5.96 Å². The van der Waals surface area contributed by atoms with Crippen LogP contribution in [0.5, 0.6) is 5.75 Å². The number of hydrogen-bond donors (Lipinski definition) is 2. The van der Waals surface area contributed by atoms with Gasteiger partial charge in [0.2, 0.25) is 0 Å². The van der Waals surface area contributed by atoms with Crippen molar-refractivity contribution >= 4 is 5.96 Å². The minimum Gasteiger partial charge on any atom is -0.489 e. The van der Waals surface area contributed by atoms with Crippen molar-refractivity contribution in [1.29, 1.82) is 0 Å². The summed E-state index contributed by atoms with van der Waals surface area (Å²) in [5, 5.41) is 6.74. The summed E-state index contributed by atoms with van der Waals surface area (Å²) >= 11 is 0. The highest BCUT2D eigenvalue weighted by molar-refractivity contribution is 5.80. The van der Waals surface area contributed by atoms with Gasteiger partial charge >= 0.3 is 0 Å². The standard InChI is InChI=1S/C17H25N3O/c1-3-18-17(20-15-9-7-8-10-15)19-13-14(2)21-16-11-5-4-6-12-16/h4-8,11-12,14-15H,3,9-10,13H2,1-2H3,(H2,18,19,20). The molecule has 4 heteroatoms. The Hall–Kier alpha value is -1.97. The van der Waals surface area contributed by atoms with Crippen molar-refractivity contribution in [1.82, 2.24) is 10.6 Å². The van der Waals surface area contributed by atoms with Crippen LogP contribution >= 0.6 is 0 Å². The average molecular weight is 287 g/mol. The topological polar surface area (TPSA) is 45.7 Å². The van der Waals surface area contributed by atoms with E-state index < -0.39 is 0 Å². The quantitative estimate of drug-likeness (QED) is 0.480. The highest BCUT2D eigenvalue weighted by Crippen LogP contribution is 2.11. The second-order valence-corrected chi connectivity index (χ2v) is 5.25. The van der Waals surface area contributed by atoms with E-state index in [0.717, 1.165) is 31.1 Å². The van der Waals surface area contributed by atoms with E-state index >= 15 is 0 Å². The summed E-state index contributed by atoms with van der Waals surface area (Å²) in [7, 11) is 0. The Kier molecular flexibility index (Phi) is 6.13. The van der Waals surface area contributed by atoms with Crippen molar-refractivity contribution < 1.29 is 4.74 Å². The summed E-state index contributed by atoms with van der Waals surface area (Å²) in [6.07, 6.45) is 6.61. The molecule has 1 aromatic rings. The van der Waals surface area contributed by atoms with Gasteiger partial charge in [-0.05, 0) is 38.8 Å². The first-order chi connectivity index (χ1) is 10.3. The zero-order valence-electron chi connectivity index (χ0n) is 12.9. The van der Waals surface area contributed by atoms with Crippen LogP contribution in [0.4, 0.5) is 0 Å². The Bertz CT molecular complexity index is 462. The normalized spacial score (nSPS) is 16.8. The largest absolute Gasteiger partial charge is 0.489 e. The summed E-state index contributed by atoms with van der Waals surface area (Å²) in [4.78, 5) is 4.61. The van der Waals surface area contributed by atoms with E-state index in [2.05, 4.69) is 34.7 Å². The number of rotatable bonds is 6. The van der Waals surface area contributed by atoms with Crippen LogP contribution in [0.1, 0.15) is 26.7 Å². The lowest BCUT2D eigenvalue weighted by Crippen LogP contribution is -2.43. The lowest BCUT2D eigenvalue weighted by atomic mass is 10.2. The number of benzene rings is 1. The second-order valence-electron chi connectivity index (χ2n) is 5.25. The number of ether oxygens (including phenoxy) is 1. The molecule has 1 aliphatic carbocycles. The first-order valence-electron chi connectivity index (χ1n) is 7.69. The number of para-hydroxylation sites is 1. The minimum atomic E-state index is 0.0459. The van der Waals surface area contributed by atoms with Crippen molar-refractivity contribution in [3.8, 4) is 5.75 Å². The second kappa shape index (κ2) is 8.35. The molecule has 0 aliphatic heterocycles. The molecule has 0 saturated heterocycles. The van der Waals surface area contributed by atoms with Crippen molar-refractivity contribution in [3.63, 3.8) is 0 Å². The Morgan fingerprint density at radius 3 is 2.67 bits per heavy atom. The van der Waals surface area contributed by atoms with E-state index in [1.54, 1.807) is 0 Å². The molecule has 1 aromatic carbocycles. The molecule has 0 saturated carbocycles. The monoisotopic (exact) mass is 287 g/mol. The highest BCUT2D eigenvalue weighted by atomic mass is 16.5. The zero-order chi connectivity index (χ0) is 14.9. The molecule has 1 unspecified atom stereocenters. The smallest absolute Gasteiger partial charge is 0.191 e. The fourth-order valence-electron chi connectivity index (χ4n) is 2.24. The van der Waals surface area contributed by atoms with E-state index in [9.17, 15) is 0 Å². The number of nitrogens with zero attached hydrogens (tertiary/aromatic N) is 1. The molecule has 0 amide bonds. The Morgan fingerprint density at radius 1 is 1.29 bits per heavy atom. The van der Waals surface area contributed by atoms with E-state index in [1.165, 1.54) is 0 Å². The Labute approximate surface area is 127 Å². The summed E-state index contributed by atoms with van der Waals surface area (Å²) in [6.45, 7) is 5.61. The third-order valence-corrected chi connectivity index (χ3v) is 3.28. The average Bonchev–Trinajstić information content (AvgIpc) is 2.99. The van der Waals surface area contributed by atoms with Crippen LogP contribution in [0.15, 0.2) is 47.5 Å². The molecule has 1 atom stereocenters. The minimum absolute atomic E-state index is 0.0459. The third-order valence-electron chi connectivity index (χ3n) is 3.28. The summed E-state index contributed by atoms with van der Waals surface area (Å²) in [5.74, 6) is 1.76. The van der Waals surface area contributed by atoms with Gasteiger partial charge in [0.25, 0.3) is 0 Å². The van der Waals surface area contributed by atoms with Gasteiger partial charge in [-0.25, -0.2) is 4.99 Å². The maximum absolute atomic E-state index is 5.84. The van der Waals surface area contributed by atoms with Gasteiger partial charge in [-0.3, -0.25) is 0 Å². The molecular formula is C17H25N3O. The van der Waals surface area contributed by atoms with Crippen LogP contribution in [0.3, 0.4) is 0 Å². The molecule has 2 N–H and O–H groups in total. The van der Waals surface area contributed by atoms with Crippen LogP contribution in [0.25, 0.3) is 0 Å². The molecule has 4 nitrogen and oxygen atoms in total. The predicted molar refractivity (Wildman–Crippen MR) is 87.8 cm³/mol. The van der Waals surface area contributed by atoms with Crippen molar-refractivity contribution in [2.45, 2.75) is 38.8 Å². The van der Waals surface area contributed by atoms with E-state index in [-0.39, 0.29) is 6.10 Å². The zero-order valence-corrected chi connectivity index (χ0v) is 12.9. The molecule has 21 heavy (non-hydrogen) atoms. The van der Waals surface area contributed by atoms with Crippen LogP contribution in [0.2, 0.25) is 0 Å². The molecule has 2 rings (SSSR count). The SMILES string of the molecule is CCNC(=NCC(C)Oc1ccccc1)NC1CC=CC1. The van der Waals surface area contributed by atoms with Gasteiger partial charge < -0.3 is 15.4 Å². The Balaban J connectivity index is 1.82. The number of nitrogens with one attached hydrogen (secondary N) is 2. The van der Waals surface area contributed by atoms with Crippen LogP contribution in [-0.2, 0) is 0 Å². The molecular weight excluding hydrogens is 262 g/mol. The first kappa shape index (κ1) is 15.4. The predicted octanol–water partition coefficient (Wildman–Crippen LogP) is 2.73. The van der Waals surface area contributed by atoms with Gasteiger partial charge in [-0.15, -0.1) is 0 Å². The maximum atomic E-state index is 5.84. The molecule has 0 aromatic heterocycles. The lowest BCUT2D eigenvalue weighted by molar-refractivity contribution is 0.230. The summed E-state index contributed by atoms with van der Waals surface area (Å²) < 4.78 is 5.84. The fourth-order valence-corrected chi connectivity index (χ4v) is 2.24. The van der Waals surface area contributed by atoms with Crippen LogP contribution < -0.4 is 15.4 Å². The van der Waals surface area contributed by atoms with E-state index in [0.29, 0.717) is 12.6 Å². The van der Waals surface area contributed by atoms with Crippen molar-refractivity contribution in [2.75, 3.05) is 13.1 Å².